The lowest BCUT2D eigenvalue weighted by atomic mass is 10.2. The van der Waals surface area contributed by atoms with Crippen molar-refractivity contribution in [2.45, 2.75) is 20.1 Å². The Labute approximate surface area is 116 Å². The molecule has 0 atom stereocenters. The Hall–Kier alpha value is -1.52. The zero-order chi connectivity index (χ0) is 13.7. The van der Waals surface area contributed by atoms with E-state index in [-0.39, 0.29) is 11.6 Å². The van der Waals surface area contributed by atoms with Gasteiger partial charge in [-0.1, -0.05) is 18.5 Å². The second-order valence-corrected chi connectivity index (χ2v) is 4.42. The van der Waals surface area contributed by atoms with Gasteiger partial charge >= 0.3 is 0 Å². The molecule has 0 aliphatic carbocycles. The number of hydrogen-bond acceptors (Lipinski definition) is 3. The van der Waals surface area contributed by atoms with Crippen LogP contribution >= 0.6 is 11.6 Å². The van der Waals surface area contributed by atoms with Crippen LogP contribution in [0.3, 0.4) is 0 Å². The van der Waals surface area contributed by atoms with Crippen LogP contribution < -0.4 is 10.1 Å². The first-order valence-corrected chi connectivity index (χ1v) is 6.42. The van der Waals surface area contributed by atoms with Gasteiger partial charge in [-0.15, -0.1) is 0 Å². The van der Waals surface area contributed by atoms with Crippen molar-refractivity contribution in [3.63, 3.8) is 0 Å². The Morgan fingerprint density at radius 3 is 2.95 bits per heavy atom. The molecular formula is C14H15ClFNO2. The minimum atomic E-state index is -0.494. The Kier molecular flexibility index (Phi) is 4.82. The van der Waals surface area contributed by atoms with Crippen molar-refractivity contribution >= 4 is 11.6 Å². The maximum absolute atomic E-state index is 13.2. The summed E-state index contributed by atoms with van der Waals surface area (Å²) in [6.07, 6.45) is 1.62. The first-order chi connectivity index (χ1) is 9.20. The average molecular weight is 284 g/mol. The predicted molar refractivity (Wildman–Crippen MR) is 71.8 cm³/mol. The lowest BCUT2D eigenvalue weighted by Gasteiger charge is -2.07. The molecule has 0 bridgehead atoms. The highest BCUT2D eigenvalue weighted by Gasteiger charge is 2.08. The summed E-state index contributed by atoms with van der Waals surface area (Å²) in [6.45, 7) is 3.90. The molecule has 1 N–H and O–H groups in total. The molecular weight excluding hydrogens is 269 g/mol. The summed E-state index contributed by atoms with van der Waals surface area (Å²) in [6, 6.07) is 6.24. The molecule has 1 heterocycles. The van der Waals surface area contributed by atoms with Gasteiger partial charge in [0.1, 0.15) is 23.9 Å². The Bertz CT molecular complexity index is 542. The third kappa shape index (κ3) is 3.72. The number of nitrogens with one attached hydrogen (secondary N) is 1. The molecule has 0 unspecified atom stereocenters. The normalized spacial score (nSPS) is 10.7. The minimum absolute atomic E-state index is 0.0817. The largest absolute Gasteiger partial charge is 0.486 e. The van der Waals surface area contributed by atoms with E-state index in [2.05, 4.69) is 5.32 Å². The summed E-state index contributed by atoms with van der Waals surface area (Å²) in [5, 5.41) is 3.29. The third-order valence-corrected chi connectivity index (χ3v) is 2.97. The molecule has 1 aromatic heterocycles. The van der Waals surface area contributed by atoms with Gasteiger partial charge in [0.2, 0.25) is 0 Å². The molecule has 102 valence electrons. The number of rotatable bonds is 6. The summed E-state index contributed by atoms with van der Waals surface area (Å²) >= 11 is 5.61. The zero-order valence-corrected chi connectivity index (χ0v) is 11.3. The number of halogens is 2. The SMILES string of the molecule is CCNCc1ccoc1COc1ccc(Cl)c(F)c1. The number of benzene rings is 1. The molecule has 0 amide bonds. The van der Waals surface area contributed by atoms with Crippen molar-refractivity contribution in [1.29, 1.82) is 0 Å². The number of ether oxygens (including phenoxy) is 1. The number of furan rings is 1. The third-order valence-electron chi connectivity index (χ3n) is 2.66. The highest BCUT2D eigenvalue weighted by molar-refractivity contribution is 6.30. The minimum Gasteiger partial charge on any atom is -0.486 e. The maximum atomic E-state index is 13.2. The molecule has 0 aliphatic heterocycles. The molecule has 0 aliphatic rings. The van der Waals surface area contributed by atoms with Crippen molar-refractivity contribution in [1.82, 2.24) is 5.32 Å². The van der Waals surface area contributed by atoms with Crippen LogP contribution in [0.15, 0.2) is 34.9 Å². The zero-order valence-electron chi connectivity index (χ0n) is 10.6. The molecule has 3 nitrogen and oxygen atoms in total. The molecule has 2 aromatic rings. The first-order valence-electron chi connectivity index (χ1n) is 6.04. The lowest BCUT2D eigenvalue weighted by molar-refractivity contribution is 0.267. The molecule has 0 radical (unpaired) electrons. The van der Waals surface area contributed by atoms with Crippen LogP contribution in [0.25, 0.3) is 0 Å². The van der Waals surface area contributed by atoms with Gasteiger partial charge in [0.05, 0.1) is 11.3 Å². The van der Waals surface area contributed by atoms with E-state index in [0.717, 1.165) is 24.4 Å². The van der Waals surface area contributed by atoms with Crippen LogP contribution in [-0.4, -0.2) is 6.54 Å². The Morgan fingerprint density at radius 1 is 1.37 bits per heavy atom. The lowest BCUT2D eigenvalue weighted by Crippen LogP contribution is -2.12. The van der Waals surface area contributed by atoms with E-state index in [4.69, 9.17) is 20.8 Å². The number of hydrogen-bond donors (Lipinski definition) is 1. The van der Waals surface area contributed by atoms with E-state index in [1.54, 1.807) is 12.3 Å². The van der Waals surface area contributed by atoms with Crippen molar-refractivity contribution in [3.05, 3.63) is 52.7 Å². The topological polar surface area (TPSA) is 34.4 Å². The fraction of sp³-hybridized carbons (Fsp3) is 0.286. The van der Waals surface area contributed by atoms with Crippen LogP contribution in [0.2, 0.25) is 5.02 Å². The van der Waals surface area contributed by atoms with Gasteiger partial charge in [-0.2, -0.15) is 0 Å². The highest BCUT2D eigenvalue weighted by atomic mass is 35.5. The second-order valence-electron chi connectivity index (χ2n) is 4.01. The molecule has 0 saturated carbocycles. The van der Waals surface area contributed by atoms with Gasteiger partial charge in [0.15, 0.2) is 0 Å². The summed E-state index contributed by atoms with van der Waals surface area (Å²) in [4.78, 5) is 0. The molecule has 0 fully saturated rings. The standard InChI is InChI=1S/C14H15ClFNO2/c1-2-17-8-10-5-6-18-14(10)9-19-11-3-4-12(15)13(16)7-11/h3-7,17H,2,8-9H2,1H3. The highest BCUT2D eigenvalue weighted by Crippen LogP contribution is 2.22. The van der Waals surface area contributed by atoms with E-state index >= 15 is 0 Å². The van der Waals surface area contributed by atoms with E-state index in [1.165, 1.54) is 12.1 Å². The van der Waals surface area contributed by atoms with Gasteiger partial charge in [0.25, 0.3) is 0 Å². The second kappa shape index (κ2) is 6.59. The van der Waals surface area contributed by atoms with Crippen LogP contribution in [0, 0.1) is 5.82 Å². The van der Waals surface area contributed by atoms with Gasteiger partial charge in [-0.05, 0) is 24.7 Å². The van der Waals surface area contributed by atoms with E-state index in [1.807, 2.05) is 13.0 Å². The fourth-order valence-corrected chi connectivity index (χ4v) is 1.74. The monoisotopic (exact) mass is 283 g/mol. The summed E-state index contributed by atoms with van der Waals surface area (Å²) in [7, 11) is 0. The summed E-state index contributed by atoms with van der Waals surface area (Å²) in [5.74, 6) is 0.662. The molecule has 5 heteroatoms. The van der Waals surface area contributed by atoms with Crippen LogP contribution in [0.4, 0.5) is 4.39 Å². The summed E-state index contributed by atoms with van der Waals surface area (Å²) in [5.41, 5.74) is 1.04. The molecule has 0 spiro atoms. The molecule has 19 heavy (non-hydrogen) atoms. The van der Waals surface area contributed by atoms with Crippen LogP contribution in [0.5, 0.6) is 5.75 Å². The molecule has 1 aromatic carbocycles. The van der Waals surface area contributed by atoms with E-state index < -0.39 is 5.82 Å². The Morgan fingerprint density at radius 2 is 2.21 bits per heavy atom. The van der Waals surface area contributed by atoms with Crippen molar-refractivity contribution < 1.29 is 13.5 Å². The first kappa shape index (κ1) is 13.9. The molecule has 0 saturated heterocycles. The van der Waals surface area contributed by atoms with Crippen molar-refractivity contribution in [3.8, 4) is 5.75 Å². The van der Waals surface area contributed by atoms with Gasteiger partial charge in [-0.25, -0.2) is 4.39 Å². The van der Waals surface area contributed by atoms with Gasteiger partial charge in [0, 0.05) is 18.2 Å². The predicted octanol–water partition coefficient (Wildman–Crippen LogP) is 3.76. The van der Waals surface area contributed by atoms with Crippen LogP contribution in [-0.2, 0) is 13.2 Å². The van der Waals surface area contributed by atoms with Gasteiger partial charge in [-0.3, -0.25) is 0 Å². The van der Waals surface area contributed by atoms with Crippen molar-refractivity contribution in [2.75, 3.05) is 6.54 Å². The summed E-state index contributed by atoms with van der Waals surface area (Å²) < 4.78 is 24.1. The van der Waals surface area contributed by atoms with Crippen LogP contribution in [0.1, 0.15) is 18.2 Å². The molecule has 2 rings (SSSR count). The smallest absolute Gasteiger partial charge is 0.146 e. The Balaban J connectivity index is 1.98. The maximum Gasteiger partial charge on any atom is 0.146 e. The van der Waals surface area contributed by atoms with Gasteiger partial charge < -0.3 is 14.5 Å². The quantitative estimate of drug-likeness (QED) is 0.876. The van der Waals surface area contributed by atoms with Crippen molar-refractivity contribution in [2.24, 2.45) is 0 Å². The van der Waals surface area contributed by atoms with E-state index in [0.29, 0.717) is 5.75 Å². The van der Waals surface area contributed by atoms with E-state index in [9.17, 15) is 4.39 Å². The fourth-order valence-electron chi connectivity index (χ4n) is 1.63. The average Bonchev–Trinajstić information content (AvgIpc) is 2.85.